The molecule has 2 unspecified atom stereocenters. The van der Waals surface area contributed by atoms with Crippen molar-refractivity contribution in [1.29, 1.82) is 0 Å². The topological polar surface area (TPSA) is 95.9 Å². The molecule has 0 aromatic carbocycles. The molecule has 2 atom stereocenters. The van der Waals surface area contributed by atoms with Crippen LogP contribution in [0.25, 0.3) is 0 Å². The van der Waals surface area contributed by atoms with Gasteiger partial charge in [-0.2, -0.15) is 0 Å². The normalized spacial score (nSPS) is 12.8. The Labute approximate surface area is 386 Å². The van der Waals surface area contributed by atoms with Gasteiger partial charge in [-0.05, 0) is 83.5 Å². The predicted octanol–water partition coefficient (Wildman–Crippen LogP) is 16.7. The summed E-state index contributed by atoms with van der Waals surface area (Å²) >= 11 is 0. The highest BCUT2D eigenvalue weighted by atomic mass is 16.5. The molecule has 1 amide bonds. The quantitative estimate of drug-likeness (QED) is 0.0321. The smallest absolute Gasteiger partial charge is 0.305 e. The van der Waals surface area contributed by atoms with Crippen LogP contribution in [-0.2, 0) is 14.3 Å². The number of hydrogen-bond donors (Lipinski definition) is 3. The molecule has 0 saturated carbocycles. The van der Waals surface area contributed by atoms with Crippen LogP contribution in [0.3, 0.4) is 0 Å². The molecule has 62 heavy (non-hydrogen) atoms. The minimum atomic E-state index is -0.681. The molecule has 0 heterocycles. The van der Waals surface area contributed by atoms with Gasteiger partial charge in [-0.15, -0.1) is 0 Å². The third-order valence-corrected chi connectivity index (χ3v) is 12.7. The van der Waals surface area contributed by atoms with Crippen molar-refractivity contribution in [1.82, 2.24) is 5.32 Å². The summed E-state index contributed by atoms with van der Waals surface area (Å²) in [6.07, 6.45) is 61.5. The number of unbranched alkanes of at least 4 members (excludes halogenated alkanes) is 36. The Morgan fingerprint density at radius 2 is 0.758 bits per heavy atom. The molecule has 0 rings (SSSR count). The molecule has 0 aliphatic heterocycles. The van der Waals surface area contributed by atoms with Crippen LogP contribution < -0.4 is 5.32 Å². The number of hydrogen-bond acceptors (Lipinski definition) is 5. The number of carbonyl (C=O) groups excluding carboxylic acids is 2. The minimum absolute atomic E-state index is 0.0298. The molecule has 0 spiro atoms. The van der Waals surface area contributed by atoms with Gasteiger partial charge in [0, 0.05) is 12.8 Å². The van der Waals surface area contributed by atoms with E-state index in [2.05, 4.69) is 43.5 Å². The Morgan fingerprint density at radius 3 is 1.15 bits per heavy atom. The van der Waals surface area contributed by atoms with E-state index < -0.39 is 12.1 Å². The first-order valence-corrected chi connectivity index (χ1v) is 27.6. The monoisotopic (exact) mass is 874 g/mol. The summed E-state index contributed by atoms with van der Waals surface area (Å²) in [4.78, 5) is 24.5. The summed E-state index contributed by atoms with van der Waals surface area (Å²) in [6, 6.07) is -0.560. The maximum absolute atomic E-state index is 12.5. The van der Waals surface area contributed by atoms with Gasteiger partial charge < -0.3 is 20.3 Å². The standard InChI is InChI=1S/C56H107NO5/c1-3-5-7-9-11-13-15-17-19-21-22-24-28-32-36-40-44-48-54(59)53(52-58)57-55(60)49-45-41-37-33-29-26-27-31-35-39-43-47-51-62-56(61)50-46-42-38-34-30-25-23-20-18-16-14-12-10-8-6-4-2/h20,23,27,31,53-54,58-59H,3-19,21-22,24-26,28-30,32-52H2,1-2H3,(H,57,60)/b23-20-,31-27-. The molecule has 3 N–H and O–H groups in total. The van der Waals surface area contributed by atoms with Crippen molar-refractivity contribution in [3.8, 4) is 0 Å². The van der Waals surface area contributed by atoms with Crippen LogP contribution >= 0.6 is 0 Å². The van der Waals surface area contributed by atoms with E-state index in [1.807, 2.05) is 0 Å². The summed E-state index contributed by atoms with van der Waals surface area (Å²) in [7, 11) is 0. The first-order chi connectivity index (χ1) is 30.5. The Hall–Kier alpha value is -1.66. The zero-order chi connectivity index (χ0) is 45.1. The van der Waals surface area contributed by atoms with E-state index >= 15 is 0 Å². The number of allylic oxidation sites excluding steroid dienone is 4. The first-order valence-electron chi connectivity index (χ1n) is 27.6. The summed E-state index contributed by atoms with van der Waals surface area (Å²) < 4.78 is 5.45. The number of nitrogens with one attached hydrogen (secondary N) is 1. The largest absolute Gasteiger partial charge is 0.466 e. The molecule has 0 saturated heterocycles. The Balaban J connectivity index is 3.50. The predicted molar refractivity (Wildman–Crippen MR) is 269 cm³/mol. The summed E-state index contributed by atoms with van der Waals surface area (Å²) in [6.45, 7) is 4.90. The van der Waals surface area contributed by atoms with E-state index in [4.69, 9.17) is 4.74 Å². The maximum atomic E-state index is 12.5. The SMILES string of the molecule is CCCCCCCCC/C=C\CCCCCCCC(=O)OCCCCC/C=C\CCCCCCCC(=O)NC(CO)C(O)CCCCCCCCCCCCCCCCCCC. The van der Waals surface area contributed by atoms with E-state index in [9.17, 15) is 19.8 Å². The average Bonchev–Trinajstić information content (AvgIpc) is 3.27. The molecule has 366 valence electrons. The number of carbonyl (C=O) groups is 2. The molecular weight excluding hydrogens is 767 g/mol. The number of aliphatic hydroxyl groups is 2. The van der Waals surface area contributed by atoms with E-state index in [0.29, 0.717) is 25.9 Å². The van der Waals surface area contributed by atoms with Gasteiger partial charge in [0.2, 0.25) is 5.91 Å². The van der Waals surface area contributed by atoms with Crippen molar-refractivity contribution >= 4 is 11.9 Å². The second-order valence-electron chi connectivity index (χ2n) is 18.9. The van der Waals surface area contributed by atoms with E-state index in [0.717, 1.165) is 77.0 Å². The molecule has 0 aliphatic carbocycles. The van der Waals surface area contributed by atoms with Crippen LogP contribution in [0.1, 0.15) is 296 Å². The molecule has 6 heteroatoms. The Kier molecular flexibility index (Phi) is 50.6. The number of amides is 1. The third kappa shape index (κ3) is 47.8. The van der Waals surface area contributed by atoms with Crippen LogP contribution in [0, 0.1) is 0 Å². The van der Waals surface area contributed by atoms with Crippen LogP contribution in [0.5, 0.6) is 0 Å². The van der Waals surface area contributed by atoms with Crippen molar-refractivity contribution in [2.45, 2.75) is 309 Å². The second-order valence-corrected chi connectivity index (χ2v) is 18.9. The third-order valence-electron chi connectivity index (χ3n) is 12.7. The van der Waals surface area contributed by atoms with E-state index in [1.165, 1.54) is 186 Å². The highest BCUT2D eigenvalue weighted by molar-refractivity contribution is 5.76. The van der Waals surface area contributed by atoms with Gasteiger partial charge in [0.25, 0.3) is 0 Å². The lowest BCUT2D eigenvalue weighted by molar-refractivity contribution is -0.143. The molecule has 0 fully saturated rings. The Bertz CT molecular complexity index is 966. The highest BCUT2D eigenvalue weighted by Crippen LogP contribution is 2.16. The zero-order valence-electron chi connectivity index (χ0n) is 41.6. The molecular formula is C56H107NO5. The molecule has 0 aromatic rings. The van der Waals surface area contributed by atoms with Gasteiger partial charge in [0.1, 0.15) is 0 Å². The average molecular weight is 874 g/mol. The minimum Gasteiger partial charge on any atom is -0.466 e. The van der Waals surface area contributed by atoms with Gasteiger partial charge in [-0.25, -0.2) is 0 Å². The second kappa shape index (κ2) is 52.0. The first kappa shape index (κ1) is 60.3. The van der Waals surface area contributed by atoms with Gasteiger partial charge in [-0.1, -0.05) is 224 Å². The Morgan fingerprint density at radius 1 is 0.435 bits per heavy atom. The fourth-order valence-electron chi connectivity index (χ4n) is 8.45. The molecule has 0 bridgehead atoms. The zero-order valence-corrected chi connectivity index (χ0v) is 41.6. The van der Waals surface area contributed by atoms with Crippen molar-refractivity contribution in [2.24, 2.45) is 0 Å². The maximum Gasteiger partial charge on any atom is 0.305 e. The number of rotatable bonds is 51. The van der Waals surface area contributed by atoms with Crippen molar-refractivity contribution in [2.75, 3.05) is 13.2 Å². The summed E-state index contributed by atoms with van der Waals surface area (Å²) in [5.41, 5.74) is 0. The fourth-order valence-corrected chi connectivity index (χ4v) is 8.45. The lowest BCUT2D eigenvalue weighted by Gasteiger charge is -2.22. The van der Waals surface area contributed by atoms with Crippen molar-refractivity contribution in [3.05, 3.63) is 24.3 Å². The number of aliphatic hydroxyl groups excluding tert-OH is 2. The van der Waals surface area contributed by atoms with Gasteiger partial charge in [-0.3, -0.25) is 9.59 Å². The lowest BCUT2D eigenvalue weighted by atomic mass is 10.0. The fraction of sp³-hybridized carbons (Fsp3) is 0.893. The molecule has 6 nitrogen and oxygen atoms in total. The number of esters is 1. The van der Waals surface area contributed by atoms with Crippen LogP contribution in [0.15, 0.2) is 24.3 Å². The van der Waals surface area contributed by atoms with E-state index in [-0.39, 0.29) is 18.5 Å². The van der Waals surface area contributed by atoms with Crippen LogP contribution in [0.4, 0.5) is 0 Å². The summed E-state index contributed by atoms with van der Waals surface area (Å²) in [5, 5.41) is 23.3. The molecule has 0 radical (unpaired) electrons. The van der Waals surface area contributed by atoms with Gasteiger partial charge in [0.05, 0.1) is 25.4 Å². The summed E-state index contributed by atoms with van der Waals surface area (Å²) in [5.74, 6) is -0.0895. The van der Waals surface area contributed by atoms with Crippen LogP contribution in [0.2, 0.25) is 0 Å². The van der Waals surface area contributed by atoms with Gasteiger partial charge >= 0.3 is 5.97 Å². The molecule has 0 aromatic heterocycles. The highest BCUT2D eigenvalue weighted by Gasteiger charge is 2.20. The lowest BCUT2D eigenvalue weighted by Crippen LogP contribution is -2.45. The van der Waals surface area contributed by atoms with Crippen molar-refractivity contribution in [3.63, 3.8) is 0 Å². The van der Waals surface area contributed by atoms with E-state index in [1.54, 1.807) is 0 Å². The van der Waals surface area contributed by atoms with Crippen LogP contribution in [-0.4, -0.2) is 47.4 Å². The van der Waals surface area contributed by atoms with Crippen molar-refractivity contribution < 1.29 is 24.5 Å². The number of ether oxygens (including phenoxy) is 1. The van der Waals surface area contributed by atoms with Gasteiger partial charge in [0.15, 0.2) is 0 Å². The molecule has 0 aliphatic rings.